The van der Waals surface area contributed by atoms with Crippen molar-refractivity contribution in [2.75, 3.05) is 18.9 Å². The Balaban J connectivity index is 1.70. The number of hydrogen-bond acceptors (Lipinski definition) is 17. The number of rotatable bonds is 14. The fourth-order valence-electron chi connectivity index (χ4n) is 4.40. The van der Waals surface area contributed by atoms with E-state index in [4.69, 9.17) is 18.9 Å². The van der Waals surface area contributed by atoms with E-state index >= 15 is 0 Å². The molecule has 1 amide bonds. The number of carboxylic acid groups (broad SMARTS) is 1. The molecule has 0 aliphatic carbocycles. The fourth-order valence-corrected chi connectivity index (χ4v) is 5.06. The molecule has 43 heavy (non-hydrogen) atoms. The topological polar surface area (TPSA) is 274 Å². The average Bonchev–Trinajstić information content (AvgIpc) is 2.94. The van der Waals surface area contributed by atoms with Crippen LogP contribution in [-0.2, 0) is 44.8 Å². The predicted molar refractivity (Wildman–Crippen MR) is 140 cm³/mol. The van der Waals surface area contributed by atoms with Gasteiger partial charge in [0, 0.05) is 13.0 Å². The second-order valence-corrected chi connectivity index (χ2v) is 11.1. The van der Waals surface area contributed by atoms with E-state index in [-0.39, 0.29) is 11.7 Å². The normalized spacial score (nSPS) is 33.1. The number of aliphatic hydroxyl groups excluding tert-OH is 5. The summed E-state index contributed by atoms with van der Waals surface area (Å²) in [6.45, 7) is -0.427. The van der Waals surface area contributed by atoms with Crippen molar-refractivity contribution in [3.05, 3.63) is 29.8 Å². The monoisotopic (exact) mass is 655 g/mol. The van der Waals surface area contributed by atoms with Gasteiger partial charge in [0.15, 0.2) is 6.29 Å². The molecule has 19 heteroatoms. The number of carbonyl (C=O) groups excluding carboxylic acids is 2. The van der Waals surface area contributed by atoms with E-state index in [9.17, 15) is 53.2 Å². The van der Waals surface area contributed by atoms with Crippen LogP contribution >= 0.6 is 12.6 Å². The number of aliphatic hydroxyl groups is 5. The van der Waals surface area contributed by atoms with Crippen LogP contribution in [0.3, 0.4) is 0 Å². The molecule has 0 radical (unpaired) electrons. The summed E-state index contributed by atoms with van der Waals surface area (Å²) >= 11 is 4.06. The number of hydrogen-bond donors (Lipinski definition) is 7. The van der Waals surface area contributed by atoms with Gasteiger partial charge >= 0.3 is 0 Å². The van der Waals surface area contributed by atoms with Gasteiger partial charge in [-0.05, 0) is 36.3 Å². The number of carboxylic acids is 1. The molecular weight excluding hydrogens is 622 g/mol. The van der Waals surface area contributed by atoms with Gasteiger partial charge < -0.3 is 64.3 Å². The SMILES string of the molecule is O=C(CCCS)NCCc1ccc(O[C@@H]2O[C@H](CO)[C@H](O)[C@H](O[C@@H]3O[C@H](C(=O)[O-])[C@@H](O)[C@H](OS(=O)(=O)[O-])[C@H]3O)[C@H]2O)cc1. The van der Waals surface area contributed by atoms with Gasteiger partial charge in [0.25, 0.3) is 0 Å². The van der Waals surface area contributed by atoms with Crippen LogP contribution in [0.4, 0.5) is 0 Å². The minimum Gasteiger partial charge on any atom is -0.726 e. The largest absolute Gasteiger partial charge is 0.726 e. The van der Waals surface area contributed by atoms with Crippen LogP contribution in [0.2, 0.25) is 0 Å². The van der Waals surface area contributed by atoms with E-state index in [0.29, 0.717) is 31.6 Å². The zero-order chi connectivity index (χ0) is 31.9. The highest BCUT2D eigenvalue weighted by Crippen LogP contribution is 2.31. The number of nitrogens with one attached hydrogen (secondary N) is 1. The van der Waals surface area contributed by atoms with Crippen molar-refractivity contribution >= 4 is 34.9 Å². The Morgan fingerprint density at radius 3 is 2.21 bits per heavy atom. The lowest BCUT2D eigenvalue weighted by molar-refractivity contribution is -0.367. The lowest BCUT2D eigenvalue weighted by atomic mass is 9.97. The molecule has 1 aromatic rings. The van der Waals surface area contributed by atoms with Crippen molar-refractivity contribution in [2.45, 2.75) is 80.7 Å². The predicted octanol–water partition coefficient (Wildman–Crippen LogP) is -4.70. The first-order valence-electron chi connectivity index (χ1n) is 13.0. The molecule has 1 aromatic carbocycles. The first kappa shape index (κ1) is 35.3. The van der Waals surface area contributed by atoms with E-state index in [2.05, 4.69) is 22.1 Å². The van der Waals surface area contributed by atoms with Gasteiger partial charge in [-0.15, -0.1) is 0 Å². The van der Waals surface area contributed by atoms with Gasteiger partial charge in [-0.25, -0.2) is 8.42 Å². The second kappa shape index (κ2) is 15.7. The van der Waals surface area contributed by atoms with Crippen LogP contribution in [0.15, 0.2) is 24.3 Å². The average molecular weight is 656 g/mol. The summed E-state index contributed by atoms with van der Waals surface area (Å²) in [6.07, 6.45) is -18.8. The van der Waals surface area contributed by atoms with Gasteiger partial charge in [0.2, 0.25) is 22.6 Å². The molecule has 0 aromatic heterocycles. The molecule has 2 heterocycles. The molecule has 0 spiro atoms. The van der Waals surface area contributed by atoms with Gasteiger partial charge in [-0.3, -0.25) is 8.98 Å². The Morgan fingerprint density at radius 2 is 1.63 bits per heavy atom. The summed E-state index contributed by atoms with van der Waals surface area (Å²) < 4.78 is 58.8. The minimum atomic E-state index is -5.58. The standard InChI is InChI=1S/C24H35NO16S2/c26-10-13-15(28)19(39-24-18(31)20(41-43(34,35)36)16(29)21(40-24)22(32)33)17(30)23(38-13)37-12-5-3-11(4-6-12)7-8-25-14(27)2-1-9-42/h3-6,13,15-21,23-24,26,28-31,42H,1-2,7-10H2,(H,25,27)(H,32,33)(H,34,35,36)/p-2/t13-,15+,16+,17-,18-,19+,20+,21+,23-,24-/m1/s1. The first-order valence-corrected chi connectivity index (χ1v) is 15.0. The van der Waals surface area contributed by atoms with Crippen molar-refractivity contribution < 1.29 is 76.3 Å². The van der Waals surface area contributed by atoms with Crippen LogP contribution in [0, 0.1) is 0 Å². The van der Waals surface area contributed by atoms with Crippen molar-refractivity contribution in [2.24, 2.45) is 0 Å². The molecule has 2 aliphatic heterocycles. The highest BCUT2D eigenvalue weighted by Gasteiger charge is 2.52. The third-order valence-electron chi connectivity index (χ3n) is 6.59. The third kappa shape index (κ3) is 9.67. The van der Waals surface area contributed by atoms with Crippen molar-refractivity contribution in [1.82, 2.24) is 5.32 Å². The second-order valence-electron chi connectivity index (χ2n) is 9.69. The number of benzene rings is 1. The van der Waals surface area contributed by atoms with Crippen molar-refractivity contribution in [3.8, 4) is 5.75 Å². The van der Waals surface area contributed by atoms with Crippen molar-refractivity contribution in [3.63, 3.8) is 0 Å². The lowest BCUT2D eigenvalue weighted by Gasteiger charge is -2.46. The first-order chi connectivity index (χ1) is 20.2. The Kier molecular flexibility index (Phi) is 12.9. The summed E-state index contributed by atoms with van der Waals surface area (Å²) in [7, 11) is -5.58. The van der Waals surface area contributed by atoms with E-state index < -0.39 is 84.4 Å². The maximum atomic E-state index is 11.7. The van der Waals surface area contributed by atoms with Gasteiger partial charge in [-0.1, -0.05) is 12.1 Å². The van der Waals surface area contributed by atoms with Crippen LogP contribution in [0.25, 0.3) is 0 Å². The Hall–Kier alpha value is -2.14. The smallest absolute Gasteiger partial charge is 0.229 e. The molecule has 3 rings (SSSR count). The molecule has 2 saturated heterocycles. The Morgan fingerprint density at radius 1 is 0.977 bits per heavy atom. The zero-order valence-corrected chi connectivity index (χ0v) is 24.1. The van der Waals surface area contributed by atoms with Crippen LogP contribution in [-0.4, -0.2) is 131 Å². The molecular formula is C24H33NO16S2-2. The fraction of sp³-hybridized carbons (Fsp3) is 0.667. The summed E-state index contributed by atoms with van der Waals surface area (Å²) in [5.41, 5.74) is 0.835. The van der Waals surface area contributed by atoms with Gasteiger partial charge in [-0.2, -0.15) is 12.6 Å². The number of aliphatic carboxylic acids is 1. The molecule has 0 unspecified atom stereocenters. The molecule has 10 atom stereocenters. The minimum absolute atomic E-state index is 0.0919. The highest BCUT2D eigenvalue weighted by molar-refractivity contribution is 7.80. The van der Waals surface area contributed by atoms with Crippen LogP contribution in [0.1, 0.15) is 18.4 Å². The Labute approximate surface area is 251 Å². The van der Waals surface area contributed by atoms with Crippen molar-refractivity contribution in [1.29, 1.82) is 0 Å². The number of carbonyl (C=O) groups is 2. The van der Waals surface area contributed by atoms with Crippen LogP contribution < -0.4 is 15.2 Å². The lowest BCUT2D eigenvalue weighted by Crippen LogP contribution is -2.67. The zero-order valence-electron chi connectivity index (χ0n) is 22.4. The van der Waals surface area contributed by atoms with Gasteiger partial charge in [0.05, 0.1) is 12.6 Å². The summed E-state index contributed by atoms with van der Waals surface area (Å²) in [4.78, 5) is 23.2. The number of thiol groups is 1. The summed E-state index contributed by atoms with van der Waals surface area (Å²) in [5.74, 6) is -1.41. The molecule has 0 bridgehead atoms. The van der Waals surface area contributed by atoms with E-state index in [1.165, 1.54) is 12.1 Å². The molecule has 17 nitrogen and oxygen atoms in total. The maximum Gasteiger partial charge on any atom is 0.229 e. The highest BCUT2D eigenvalue weighted by atomic mass is 32.3. The Bertz CT molecular complexity index is 1170. The van der Waals surface area contributed by atoms with E-state index in [1.807, 2.05) is 0 Å². The van der Waals surface area contributed by atoms with E-state index in [1.54, 1.807) is 12.1 Å². The molecule has 0 saturated carbocycles. The molecule has 244 valence electrons. The van der Waals surface area contributed by atoms with Gasteiger partial charge in [0.1, 0.15) is 54.6 Å². The molecule has 2 fully saturated rings. The third-order valence-corrected chi connectivity index (χ3v) is 7.36. The molecule has 6 N–H and O–H groups in total. The number of amides is 1. The summed E-state index contributed by atoms with van der Waals surface area (Å²) in [5, 5.41) is 66.0. The van der Waals surface area contributed by atoms with E-state index in [0.717, 1.165) is 5.56 Å². The van der Waals surface area contributed by atoms with Crippen LogP contribution in [0.5, 0.6) is 5.75 Å². The quantitative estimate of drug-likeness (QED) is 0.0563. The number of ether oxygens (including phenoxy) is 4. The summed E-state index contributed by atoms with van der Waals surface area (Å²) in [6, 6.07) is 6.40. The molecule has 2 aliphatic rings. The maximum absolute atomic E-state index is 11.7.